The number of benzene rings is 1. The van der Waals surface area contributed by atoms with E-state index >= 15 is 0 Å². The lowest BCUT2D eigenvalue weighted by Crippen LogP contribution is -2.52. The zero-order valence-electron chi connectivity index (χ0n) is 24.6. The molecule has 0 spiro atoms. The first kappa shape index (κ1) is 29.2. The van der Waals surface area contributed by atoms with Gasteiger partial charge in [-0.3, -0.25) is 14.7 Å². The molecule has 3 aromatic rings. The Morgan fingerprint density at radius 2 is 1.67 bits per heavy atom. The van der Waals surface area contributed by atoms with Crippen molar-refractivity contribution in [3.05, 3.63) is 54.1 Å². The molecule has 3 fully saturated rings. The van der Waals surface area contributed by atoms with Crippen molar-refractivity contribution >= 4 is 28.9 Å². The van der Waals surface area contributed by atoms with Gasteiger partial charge < -0.3 is 30.9 Å². The third-order valence-electron chi connectivity index (χ3n) is 8.67. The van der Waals surface area contributed by atoms with Crippen LogP contribution in [-0.2, 0) is 4.74 Å². The number of hydrogen-bond acceptors (Lipinski definition) is 10. The van der Waals surface area contributed by atoms with Crippen molar-refractivity contribution in [2.45, 2.75) is 37.8 Å². The first-order chi connectivity index (χ1) is 20.9. The summed E-state index contributed by atoms with van der Waals surface area (Å²) in [4.78, 5) is 33.6. The smallest absolute Gasteiger partial charge is 0.271 e. The van der Waals surface area contributed by atoms with Gasteiger partial charge in [0.15, 0.2) is 17.3 Å². The molecule has 5 heterocycles. The standard InChI is InChI=1S/C31H40FN9O2/c1-39-14-16-41(17-15-39)25-7-12-40(13-8-25)24-4-2-22(3-5-24)35-31-28(29(33)42)37-27(26-20-21(32)6-11-34-26)30(38-31)36-23-9-18-43-19-10-23/h2-6,11,20,23,25H,7-10,12-19H2,1H3,(H2,33,42)(H2,35,36,38). The van der Waals surface area contributed by atoms with Crippen LogP contribution in [0.15, 0.2) is 42.6 Å². The average molecular weight is 590 g/mol. The van der Waals surface area contributed by atoms with E-state index in [0.29, 0.717) is 25.1 Å². The summed E-state index contributed by atoms with van der Waals surface area (Å²) in [5, 5.41) is 6.66. The Balaban J connectivity index is 1.19. The highest BCUT2D eigenvalue weighted by molar-refractivity contribution is 5.97. The number of nitrogens with zero attached hydrogens (tertiary/aromatic N) is 6. The van der Waals surface area contributed by atoms with Crippen molar-refractivity contribution in [1.29, 1.82) is 0 Å². The lowest BCUT2D eigenvalue weighted by Gasteiger charge is -2.42. The second kappa shape index (κ2) is 13.2. The summed E-state index contributed by atoms with van der Waals surface area (Å²) < 4.78 is 19.6. The Morgan fingerprint density at radius 3 is 2.35 bits per heavy atom. The fourth-order valence-electron chi connectivity index (χ4n) is 6.11. The van der Waals surface area contributed by atoms with E-state index < -0.39 is 11.7 Å². The van der Waals surface area contributed by atoms with Crippen LogP contribution in [0, 0.1) is 5.82 Å². The number of nitrogens with one attached hydrogen (secondary N) is 2. The number of rotatable bonds is 8. The summed E-state index contributed by atoms with van der Waals surface area (Å²) in [7, 11) is 2.20. The maximum atomic E-state index is 14.1. The van der Waals surface area contributed by atoms with Crippen molar-refractivity contribution in [1.82, 2.24) is 24.8 Å². The zero-order chi connectivity index (χ0) is 29.8. The summed E-state index contributed by atoms with van der Waals surface area (Å²) in [6.07, 6.45) is 5.25. The number of primary amides is 1. The van der Waals surface area contributed by atoms with Crippen molar-refractivity contribution in [2.75, 3.05) is 75.1 Å². The molecule has 4 N–H and O–H groups in total. The van der Waals surface area contributed by atoms with Crippen molar-refractivity contribution in [3.8, 4) is 11.4 Å². The molecule has 3 aliphatic heterocycles. The van der Waals surface area contributed by atoms with Gasteiger partial charge in [0, 0.05) is 88.2 Å². The van der Waals surface area contributed by atoms with Gasteiger partial charge >= 0.3 is 0 Å². The topological polar surface area (TPSA) is 125 Å². The molecule has 228 valence electrons. The SMILES string of the molecule is CN1CCN(C2CCN(c3ccc(Nc4nc(NC5CCOCC5)c(-c5cc(F)ccn5)nc4C(N)=O)cc3)CC2)CC1. The van der Waals surface area contributed by atoms with Gasteiger partial charge in [-0.25, -0.2) is 14.4 Å². The molecule has 0 radical (unpaired) electrons. The van der Waals surface area contributed by atoms with Crippen LogP contribution in [0.1, 0.15) is 36.2 Å². The molecular weight excluding hydrogens is 549 g/mol. The van der Waals surface area contributed by atoms with Gasteiger partial charge in [-0.05, 0) is 63.1 Å². The predicted molar refractivity (Wildman–Crippen MR) is 165 cm³/mol. The van der Waals surface area contributed by atoms with Gasteiger partial charge in [0.05, 0.1) is 5.69 Å². The number of carbonyl (C=O) groups is 1. The molecule has 3 saturated heterocycles. The quantitative estimate of drug-likeness (QED) is 0.360. The van der Waals surface area contributed by atoms with E-state index in [1.54, 1.807) is 0 Å². The second-order valence-electron chi connectivity index (χ2n) is 11.6. The van der Waals surface area contributed by atoms with E-state index in [-0.39, 0.29) is 28.9 Å². The minimum absolute atomic E-state index is 0.0476. The van der Waals surface area contributed by atoms with E-state index in [0.717, 1.165) is 76.3 Å². The highest BCUT2D eigenvalue weighted by Crippen LogP contribution is 2.31. The minimum Gasteiger partial charge on any atom is -0.381 e. The molecule has 0 aliphatic carbocycles. The fraction of sp³-hybridized carbons (Fsp3) is 0.484. The fourth-order valence-corrected chi connectivity index (χ4v) is 6.11. The van der Waals surface area contributed by atoms with Crippen LogP contribution in [0.5, 0.6) is 0 Å². The third kappa shape index (κ3) is 7.03. The lowest BCUT2D eigenvalue weighted by atomic mass is 10.0. The Labute approximate surface area is 251 Å². The van der Waals surface area contributed by atoms with Gasteiger partial charge in [-0.2, -0.15) is 0 Å². The summed E-state index contributed by atoms with van der Waals surface area (Å²) in [5.41, 5.74) is 8.14. The number of piperazine rings is 1. The minimum atomic E-state index is -0.745. The average Bonchev–Trinajstić information content (AvgIpc) is 3.02. The molecule has 3 aliphatic rings. The number of anilines is 4. The molecule has 0 bridgehead atoms. The van der Waals surface area contributed by atoms with Gasteiger partial charge in [-0.15, -0.1) is 0 Å². The number of ether oxygens (including phenoxy) is 1. The van der Waals surface area contributed by atoms with Crippen molar-refractivity contribution < 1.29 is 13.9 Å². The van der Waals surface area contributed by atoms with E-state index in [9.17, 15) is 9.18 Å². The number of amides is 1. The molecule has 1 aromatic carbocycles. The van der Waals surface area contributed by atoms with Gasteiger partial charge in [0.1, 0.15) is 11.5 Å². The number of pyridine rings is 1. The van der Waals surface area contributed by atoms with Crippen molar-refractivity contribution in [2.24, 2.45) is 5.73 Å². The first-order valence-electron chi connectivity index (χ1n) is 15.2. The molecule has 1 amide bonds. The molecule has 11 nitrogen and oxygen atoms in total. The number of piperidine rings is 1. The van der Waals surface area contributed by atoms with Crippen LogP contribution >= 0.6 is 0 Å². The molecule has 0 saturated carbocycles. The molecule has 0 unspecified atom stereocenters. The highest BCUT2D eigenvalue weighted by atomic mass is 19.1. The van der Waals surface area contributed by atoms with Crippen LogP contribution in [0.2, 0.25) is 0 Å². The Morgan fingerprint density at radius 1 is 0.953 bits per heavy atom. The number of halogens is 1. The number of hydrogen-bond donors (Lipinski definition) is 3. The monoisotopic (exact) mass is 589 g/mol. The number of likely N-dealkylation sites (N-methyl/N-ethyl adjacent to an activating group) is 1. The molecule has 43 heavy (non-hydrogen) atoms. The Hall–Kier alpha value is -3.87. The second-order valence-corrected chi connectivity index (χ2v) is 11.6. The summed E-state index contributed by atoms with van der Waals surface area (Å²) in [6, 6.07) is 11.4. The predicted octanol–water partition coefficient (Wildman–Crippen LogP) is 3.33. The van der Waals surface area contributed by atoms with E-state index in [4.69, 9.17) is 15.5 Å². The van der Waals surface area contributed by atoms with Crippen LogP contribution in [0.3, 0.4) is 0 Å². The van der Waals surface area contributed by atoms with E-state index in [1.807, 2.05) is 12.1 Å². The van der Waals surface area contributed by atoms with Crippen LogP contribution in [0.25, 0.3) is 11.4 Å². The van der Waals surface area contributed by atoms with Crippen LogP contribution in [0.4, 0.5) is 27.4 Å². The molecule has 6 rings (SSSR count). The highest BCUT2D eigenvalue weighted by Gasteiger charge is 2.27. The van der Waals surface area contributed by atoms with E-state index in [2.05, 4.69) is 54.5 Å². The van der Waals surface area contributed by atoms with Crippen molar-refractivity contribution in [3.63, 3.8) is 0 Å². The summed E-state index contributed by atoms with van der Waals surface area (Å²) >= 11 is 0. The Kier molecular flexibility index (Phi) is 8.96. The number of aromatic nitrogens is 3. The third-order valence-corrected chi connectivity index (χ3v) is 8.67. The first-order valence-corrected chi connectivity index (χ1v) is 15.2. The summed E-state index contributed by atoms with van der Waals surface area (Å²) in [6.45, 7) is 7.91. The van der Waals surface area contributed by atoms with Crippen LogP contribution < -0.4 is 21.3 Å². The van der Waals surface area contributed by atoms with Gasteiger partial charge in [0.25, 0.3) is 5.91 Å². The number of nitrogens with two attached hydrogens (primary N) is 1. The molecular formula is C31H40FN9O2. The molecule has 0 atom stereocenters. The van der Waals surface area contributed by atoms with Gasteiger partial charge in [0.2, 0.25) is 0 Å². The molecule has 2 aromatic heterocycles. The molecule has 12 heteroatoms. The maximum absolute atomic E-state index is 14.1. The summed E-state index contributed by atoms with van der Waals surface area (Å²) in [5.74, 6) is -0.583. The van der Waals surface area contributed by atoms with E-state index in [1.165, 1.54) is 18.3 Å². The van der Waals surface area contributed by atoms with Crippen LogP contribution in [-0.4, -0.2) is 102 Å². The largest absolute Gasteiger partial charge is 0.381 e. The lowest BCUT2D eigenvalue weighted by molar-refractivity contribution is 0.0904. The number of carbonyl (C=O) groups excluding carboxylic acids is 1. The normalized spacial score (nSPS) is 19.3. The van der Waals surface area contributed by atoms with Gasteiger partial charge in [-0.1, -0.05) is 0 Å². The Bertz CT molecular complexity index is 1400. The zero-order valence-corrected chi connectivity index (χ0v) is 24.6. The maximum Gasteiger partial charge on any atom is 0.271 e.